The summed E-state index contributed by atoms with van der Waals surface area (Å²) in [6.45, 7) is 2.53. The Morgan fingerprint density at radius 1 is 1.72 bits per heavy atom. The molecule has 2 rings (SSSR count). The van der Waals surface area contributed by atoms with E-state index in [2.05, 4.69) is 20.9 Å². The number of esters is 1. The number of anilines is 1. The molecule has 1 atom stereocenters. The van der Waals surface area contributed by atoms with Gasteiger partial charge < -0.3 is 9.15 Å². The zero-order valence-electron chi connectivity index (χ0n) is 9.89. The molecule has 0 saturated carbocycles. The van der Waals surface area contributed by atoms with E-state index < -0.39 is 5.97 Å². The number of carbonyl (C=O) groups is 2. The average Bonchev–Trinajstić information content (AvgIpc) is 2.95. The van der Waals surface area contributed by atoms with Crippen LogP contribution in [0.3, 0.4) is 0 Å². The second-order valence-electron chi connectivity index (χ2n) is 3.96. The Balaban J connectivity index is 2.11. The molecule has 1 amide bonds. The molecule has 0 aliphatic carbocycles. The van der Waals surface area contributed by atoms with Crippen LogP contribution in [0.5, 0.6) is 0 Å². The summed E-state index contributed by atoms with van der Waals surface area (Å²) in [7, 11) is 0. The molecule has 98 valence electrons. The molecule has 1 aromatic heterocycles. The third-order valence-corrected chi connectivity index (χ3v) is 3.55. The molecule has 1 aliphatic rings. The zero-order valence-corrected chi connectivity index (χ0v) is 11.5. The Kier molecular flexibility index (Phi) is 4.00. The molecule has 0 N–H and O–H groups in total. The van der Waals surface area contributed by atoms with Crippen molar-refractivity contribution in [3.63, 3.8) is 0 Å². The molecule has 1 unspecified atom stereocenters. The fourth-order valence-corrected chi connectivity index (χ4v) is 2.19. The molecule has 1 aliphatic heterocycles. The number of nitrogens with zero attached hydrogens (tertiary/aromatic N) is 2. The first-order valence-electron chi connectivity index (χ1n) is 5.64. The van der Waals surface area contributed by atoms with E-state index in [1.807, 2.05) is 0 Å². The Bertz CT molecular complexity index is 460. The normalized spacial score (nSPS) is 19.3. The predicted molar refractivity (Wildman–Crippen MR) is 66.7 cm³/mol. The number of carbonyl (C=O) groups excluding carboxylic acids is 2. The van der Waals surface area contributed by atoms with E-state index in [-0.39, 0.29) is 30.1 Å². The summed E-state index contributed by atoms with van der Waals surface area (Å²) in [5.41, 5.74) is 0.0851. The smallest absolute Gasteiger partial charge is 0.360 e. The topological polar surface area (TPSA) is 72.6 Å². The highest BCUT2D eigenvalue weighted by atomic mass is 79.9. The predicted octanol–water partition coefficient (Wildman–Crippen LogP) is 1.60. The van der Waals surface area contributed by atoms with Crippen molar-refractivity contribution >= 4 is 33.8 Å². The van der Waals surface area contributed by atoms with Crippen LogP contribution < -0.4 is 4.90 Å². The number of amides is 1. The monoisotopic (exact) mass is 316 g/mol. The number of oxazole rings is 1. The van der Waals surface area contributed by atoms with Gasteiger partial charge in [0.2, 0.25) is 5.91 Å². The third kappa shape index (κ3) is 2.55. The first-order chi connectivity index (χ1) is 8.65. The molecule has 2 heterocycles. The van der Waals surface area contributed by atoms with Crippen molar-refractivity contribution in [2.24, 2.45) is 5.92 Å². The molecular weight excluding hydrogens is 304 g/mol. The Morgan fingerprint density at radius 3 is 3.11 bits per heavy atom. The molecule has 6 nitrogen and oxygen atoms in total. The van der Waals surface area contributed by atoms with Crippen molar-refractivity contribution in [2.75, 3.05) is 23.4 Å². The van der Waals surface area contributed by atoms with Crippen molar-refractivity contribution < 1.29 is 18.7 Å². The molecule has 1 aromatic rings. The molecule has 0 aromatic carbocycles. The van der Waals surface area contributed by atoms with Crippen LogP contribution in [0.15, 0.2) is 10.7 Å². The molecular formula is C11H13BrN2O4. The lowest BCUT2D eigenvalue weighted by Gasteiger charge is -2.10. The van der Waals surface area contributed by atoms with Gasteiger partial charge in [0.05, 0.1) is 6.61 Å². The van der Waals surface area contributed by atoms with E-state index in [0.717, 1.165) is 5.33 Å². The summed E-state index contributed by atoms with van der Waals surface area (Å²) in [5.74, 6) is -0.344. The van der Waals surface area contributed by atoms with Crippen molar-refractivity contribution in [3.05, 3.63) is 12.0 Å². The second kappa shape index (κ2) is 5.51. The van der Waals surface area contributed by atoms with Crippen LogP contribution in [0, 0.1) is 5.92 Å². The summed E-state index contributed by atoms with van der Waals surface area (Å²) in [6, 6.07) is 0.159. The van der Waals surface area contributed by atoms with Crippen molar-refractivity contribution in [1.82, 2.24) is 4.98 Å². The number of halogens is 1. The highest BCUT2D eigenvalue weighted by molar-refractivity contribution is 9.09. The van der Waals surface area contributed by atoms with Gasteiger partial charge in [-0.05, 0) is 12.8 Å². The lowest BCUT2D eigenvalue weighted by Crippen LogP contribution is -2.25. The van der Waals surface area contributed by atoms with E-state index in [1.165, 1.54) is 11.2 Å². The summed E-state index contributed by atoms with van der Waals surface area (Å²) in [6.07, 6.45) is 1.67. The molecule has 0 radical (unpaired) electrons. The first kappa shape index (κ1) is 13.1. The van der Waals surface area contributed by atoms with Crippen LogP contribution in [-0.2, 0) is 9.53 Å². The number of hydrogen-bond donors (Lipinski definition) is 0. The number of aromatic nitrogens is 1. The van der Waals surface area contributed by atoms with Gasteiger partial charge in [0.25, 0.3) is 0 Å². The van der Waals surface area contributed by atoms with E-state index in [4.69, 9.17) is 9.15 Å². The molecule has 7 heteroatoms. The minimum absolute atomic E-state index is 0.0447. The van der Waals surface area contributed by atoms with Gasteiger partial charge in [0.15, 0.2) is 5.69 Å². The quantitative estimate of drug-likeness (QED) is 0.623. The number of hydrogen-bond acceptors (Lipinski definition) is 5. The summed E-state index contributed by atoms with van der Waals surface area (Å²) in [5, 5.41) is 0.751. The van der Waals surface area contributed by atoms with Crippen molar-refractivity contribution in [1.29, 1.82) is 0 Å². The van der Waals surface area contributed by atoms with E-state index in [9.17, 15) is 9.59 Å². The van der Waals surface area contributed by atoms with Crippen LogP contribution in [0.4, 0.5) is 6.01 Å². The highest BCUT2D eigenvalue weighted by Gasteiger charge is 2.33. The minimum Gasteiger partial charge on any atom is -0.461 e. The molecule has 1 saturated heterocycles. The molecule has 0 bridgehead atoms. The van der Waals surface area contributed by atoms with Crippen molar-refractivity contribution in [3.8, 4) is 0 Å². The second-order valence-corrected chi connectivity index (χ2v) is 4.61. The lowest BCUT2D eigenvalue weighted by atomic mass is 10.2. The van der Waals surface area contributed by atoms with Crippen LogP contribution in [0.2, 0.25) is 0 Å². The Hall–Kier alpha value is -1.37. The van der Waals surface area contributed by atoms with E-state index in [1.54, 1.807) is 6.92 Å². The van der Waals surface area contributed by atoms with Crippen LogP contribution in [0.1, 0.15) is 23.8 Å². The van der Waals surface area contributed by atoms with Crippen LogP contribution in [-0.4, -0.2) is 35.3 Å². The van der Waals surface area contributed by atoms with Gasteiger partial charge in [-0.3, -0.25) is 9.69 Å². The van der Waals surface area contributed by atoms with E-state index >= 15 is 0 Å². The maximum absolute atomic E-state index is 11.7. The maximum Gasteiger partial charge on any atom is 0.360 e. The number of ether oxygens (including phenoxy) is 1. The highest BCUT2D eigenvalue weighted by Crippen LogP contribution is 2.25. The SMILES string of the molecule is CCOC(=O)c1coc(N2CC(CBr)CC2=O)n1. The van der Waals surface area contributed by atoms with Crippen LogP contribution in [0.25, 0.3) is 0 Å². The van der Waals surface area contributed by atoms with Gasteiger partial charge in [0, 0.05) is 18.3 Å². The van der Waals surface area contributed by atoms with Crippen LogP contribution >= 0.6 is 15.9 Å². The first-order valence-corrected chi connectivity index (χ1v) is 6.76. The lowest BCUT2D eigenvalue weighted by molar-refractivity contribution is -0.117. The average molecular weight is 317 g/mol. The largest absolute Gasteiger partial charge is 0.461 e. The summed E-state index contributed by atoms with van der Waals surface area (Å²) >= 11 is 3.35. The Labute approximate surface area is 112 Å². The fourth-order valence-electron chi connectivity index (χ4n) is 1.76. The molecule has 18 heavy (non-hydrogen) atoms. The molecule has 1 fully saturated rings. The van der Waals surface area contributed by atoms with Gasteiger partial charge in [-0.25, -0.2) is 4.79 Å². The summed E-state index contributed by atoms with van der Waals surface area (Å²) in [4.78, 5) is 28.6. The van der Waals surface area contributed by atoms with Gasteiger partial charge in [-0.1, -0.05) is 15.9 Å². The maximum atomic E-state index is 11.7. The van der Waals surface area contributed by atoms with Crippen molar-refractivity contribution in [2.45, 2.75) is 13.3 Å². The minimum atomic E-state index is -0.545. The zero-order chi connectivity index (χ0) is 13.1. The Morgan fingerprint density at radius 2 is 2.50 bits per heavy atom. The standard InChI is InChI=1S/C11H13BrN2O4/c1-2-17-10(16)8-6-18-11(13-8)14-5-7(4-12)3-9(14)15/h6-7H,2-5H2,1H3. The van der Waals surface area contributed by atoms with Gasteiger partial charge in [-0.15, -0.1) is 0 Å². The van der Waals surface area contributed by atoms with Gasteiger partial charge in [-0.2, -0.15) is 4.98 Å². The number of rotatable bonds is 4. The van der Waals surface area contributed by atoms with Gasteiger partial charge in [0.1, 0.15) is 6.26 Å². The fraction of sp³-hybridized carbons (Fsp3) is 0.545. The molecule has 0 spiro atoms. The number of alkyl halides is 1. The van der Waals surface area contributed by atoms with E-state index in [0.29, 0.717) is 13.0 Å². The van der Waals surface area contributed by atoms with Gasteiger partial charge >= 0.3 is 12.0 Å². The summed E-state index contributed by atoms with van der Waals surface area (Å²) < 4.78 is 9.96. The third-order valence-electron chi connectivity index (χ3n) is 2.63.